The Morgan fingerprint density at radius 2 is 2.13 bits per heavy atom. The number of hydrogen-bond acceptors (Lipinski definition) is 3. The average Bonchev–Trinajstić information content (AvgIpc) is 2.63. The minimum Gasteiger partial charge on any atom is -0.475 e. The van der Waals surface area contributed by atoms with Gasteiger partial charge in [0.15, 0.2) is 0 Å². The van der Waals surface area contributed by atoms with E-state index in [2.05, 4.69) is 4.99 Å². The Labute approximate surface area is 87.2 Å². The third kappa shape index (κ3) is 1.99. The van der Waals surface area contributed by atoms with Gasteiger partial charge in [-0.25, -0.2) is 9.38 Å². The molecule has 1 heterocycles. The molecule has 15 heavy (non-hydrogen) atoms. The van der Waals surface area contributed by atoms with Gasteiger partial charge in [-0.3, -0.25) is 0 Å². The summed E-state index contributed by atoms with van der Waals surface area (Å²) in [6.07, 6.45) is 0. The van der Waals surface area contributed by atoms with E-state index in [1.165, 1.54) is 12.1 Å². The summed E-state index contributed by atoms with van der Waals surface area (Å²) in [5, 5.41) is 9.09. The molecule has 0 saturated carbocycles. The summed E-state index contributed by atoms with van der Waals surface area (Å²) in [6.45, 7) is 2.11. The highest BCUT2D eigenvalue weighted by Crippen LogP contribution is 2.20. The van der Waals surface area contributed by atoms with Gasteiger partial charge in [0.2, 0.25) is 5.90 Å². The van der Waals surface area contributed by atoms with Crippen LogP contribution in [-0.2, 0) is 4.74 Å². The summed E-state index contributed by atoms with van der Waals surface area (Å²) in [4.78, 5) is 4.26. The Balaban J connectivity index is 2.26. The predicted molar refractivity (Wildman–Crippen MR) is 54.4 cm³/mol. The fraction of sp³-hybridized carbons (Fsp3) is 0.364. The Hall–Kier alpha value is -1.42. The van der Waals surface area contributed by atoms with Crippen LogP contribution < -0.4 is 0 Å². The summed E-state index contributed by atoms with van der Waals surface area (Å²) >= 11 is 0. The van der Waals surface area contributed by atoms with Gasteiger partial charge in [-0.15, -0.1) is 0 Å². The number of rotatable bonds is 2. The highest BCUT2D eigenvalue weighted by Gasteiger charge is 2.31. The summed E-state index contributed by atoms with van der Waals surface area (Å²) < 4.78 is 18.0. The van der Waals surface area contributed by atoms with Gasteiger partial charge < -0.3 is 9.84 Å². The van der Waals surface area contributed by atoms with Crippen LogP contribution in [0.4, 0.5) is 4.39 Å². The van der Waals surface area contributed by atoms with Crippen molar-refractivity contribution >= 4 is 5.90 Å². The van der Waals surface area contributed by atoms with Gasteiger partial charge in [0.05, 0.1) is 6.61 Å². The summed E-state index contributed by atoms with van der Waals surface area (Å²) in [5.41, 5.74) is 0.164. The molecule has 0 bridgehead atoms. The molecule has 0 spiro atoms. The lowest BCUT2D eigenvalue weighted by Crippen LogP contribution is -2.28. The minimum atomic E-state index is -0.566. The van der Waals surface area contributed by atoms with Gasteiger partial charge in [0, 0.05) is 5.56 Å². The maximum absolute atomic E-state index is 12.7. The van der Waals surface area contributed by atoms with Crippen LogP contribution in [0.5, 0.6) is 0 Å². The zero-order valence-corrected chi connectivity index (χ0v) is 8.40. The minimum absolute atomic E-state index is 0.0578. The van der Waals surface area contributed by atoms with E-state index in [0.717, 1.165) is 5.56 Å². The maximum atomic E-state index is 12.7. The first kappa shape index (κ1) is 10.1. The van der Waals surface area contributed by atoms with Crippen molar-refractivity contribution in [3.63, 3.8) is 0 Å². The topological polar surface area (TPSA) is 41.8 Å². The van der Waals surface area contributed by atoms with Gasteiger partial charge in [0.25, 0.3) is 0 Å². The lowest BCUT2D eigenvalue weighted by Gasteiger charge is -2.12. The second-order valence-electron chi connectivity index (χ2n) is 3.87. The third-order valence-corrected chi connectivity index (χ3v) is 2.32. The lowest BCUT2D eigenvalue weighted by atomic mass is 10.1. The van der Waals surface area contributed by atoms with E-state index in [9.17, 15) is 4.39 Å². The highest BCUT2D eigenvalue weighted by molar-refractivity contribution is 5.95. The van der Waals surface area contributed by atoms with Crippen LogP contribution in [0.15, 0.2) is 29.3 Å². The molecule has 3 nitrogen and oxygen atoms in total. The summed E-state index contributed by atoms with van der Waals surface area (Å²) in [7, 11) is 0. The number of hydrogen-bond donors (Lipinski definition) is 1. The highest BCUT2D eigenvalue weighted by atomic mass is 19.1. The smallest absolute Gasteiger partial charge is 0.216 e. The van der Waals surface area contributed by atoms with Crippen molar-refractivity contribution in [2.24, 2.45) is 4.99 Å². The van der Waals surface area contributed by atoms with Crippen LogP contribution in [0.2, 0.25) is 0 Å². The second-order valence-corrected chi connectivity index (χ2v) is 3.87. The average molecular weight is 209 g/mol. The first-order valence-corrected chi connectivity index (χ1v) is 4.72. The molecule has 0 radical (unpaired) electrons. The van der Waals surface area contributed by atoms with Crippen molar-refractivity contribution in [1.82, 2.24) is 0 Å². The van der Waals surface area contributed by atoms with Crippen LogP contribution >= 0.6 is 0 Å². The van der Waals surface area contributed by atoms with Gasteiger partial charge in [0.1, 0.15) is 18.0 Å². The van der Waals surface area contributed by atoms with Crippen molar-refractivity contribution in [3.05, 3.63) is 35.6 Å². The number of halogens is 1. The van der Waals surface area contributed by atoms with E-state index in [-0.39, 0.29) is 12.4 Å². The normalized spacial score (nSPS) is 24.9. The largest absolute Gasteiger partial charge is 0.475 e. The molecule has 1 atom stereocenters. The quantitative estimate of drug-likeness (QED) is 0.798. The Bertz CT molecular complexity index is 388. The molecule has 0 unspecified atom stereocenters. The zero-order chi connectivity index (χ0) is 10.9. The second kappa shape index (κ2) is 3.62. The summed E-state index contributed by atoms with van der Waals surface area (Å²) in [6, 6.07) is 5.93. The molecule has 0 saturated heterocycles. The fourth-order valence-electron chi connectivity index (χ4n) is 1.35. The van der Waals surface area contributed by atoms with Crippen molar-refractivity contribution in [1.29, 1.82) is 0 Å². The van der Waals surface area contributed by atoms with Crippen LogP contribution in [0, 0.1) is 5.82 Å². The van der Waals surface area contributed by atoms with E-state index in [4.69, 9.17) is 9.84 Å². The van der Waals surface area contributed by atoms with Crippen molar-refractivity contribution in [3.8, 4) is 0 Å². The third-order valence-electron chi connectivity index (χ3n) is 2.32. The van der Waals surface area contributed by atoms with Gasteiger partial charge in [-0.1, -0.05) is 0 Å². The lowest BCUT2D eigenvalue weighted by molar-refractivity contribution is 0.170. The number of benzene rings is 1. The Kier molecular flexibility index (Phi) is 2.44. The van der Waals surface area contributed by atoms with Gasteiger partial charge >= 0.3 is 0 Å². The molecule has 0 aromatic heterocycles. The molecule has 2 rings (SSSR count). The van der Waals surface area contributed by atoms with Crippen molar-refractivity contribution < 1.29 is 14.2 Å². The van der Waals surface area contributed by atoms with Crippen molar-refractivity contribution in [2.75, 3.05) is 13.2 Å². The van der Waals surface area contributed by atoms with Crippen LogP contribution in [0.1, 0.15) is 12.5 Å². The standard InChI is InChI=1S/C11H12FNO2/c1-11(6-14)7-15-10(13-11)8-2-4-9(12)5-3-8/h2-5,14H,6-7H2,1H3/t11-/m0/s1. The zero-order valence-electron chi connectivity index (χ0n) is 8.40. The van der Waals surface area contributed by atoms with E-state index >= 15 is 0 Å². The number of aliphatic imine (C=N–C) groups is 1. The predicted octanol–water partition coefficient (Wildman–Crippen LogP) is 1.35. The molecule has 1 aromatic rings. The SMILES string of the molecule is C[C@]1(CO)COC(c2ccc(F)cc2)=N1. The summed E-state index contributed by atoms with van der Waals surface area (Å²) in [5.74, 6) is 0.175. The molecular formula is C11H12FNO2. The van der Waals surface area contributed by atoms with E-state index < -0.39 is 5.54 Å². The monoisotopic (exact) mass is 209 g/mol. The Morgan fingerprint density at radius 1 is 1.47 bits per heavy atom. The van der Waals surface area contributed by atoms with E-state index in [1.807, 2.05) is 6.92 Å². The fourth-order valence-corrected chi connectivity index (χ4v) is 1.35. The Morgan fingerprint density at radius 3 is 2.67 bits per heavy atom. The first-order chi connectivity index (χ1) is 7.13. The number of ether oxygens (including phenoxy) is 1. The van der Waals surface area contributed by atoms with Crippen molar-refractivity contribution in [2.45, 2.75) is 12.5 Å². The first-order valence-electron chi connectivity index (χ1n) is 4.72. The van der Waals surface area contributed by atoms with Crippen LogP contribution in [0.25, 0.3) is 0 Å². The van der Waals surface area contributed by atoms with Crippen LogP contribution in [-0.4, -0.2) is 29.8 Å². The molecule has 4 heteroatoms. The molecule has 1 aliphatic rings. The molecule has 1 aromatic carbocycles. The van der Waals surface area contributed by atoms with Crippen LogP contribution in [0.3, 0.4) is 0 Å². The molecule has 1 N–H and O–H groups in total. The molecule has 80 valence electrons. The number of aliphatic hydroxyl groups excluding tert-OH is 1. The molecule has 1 aliphatic heterocycles. The molecule has 0 amide bonds. The molecule has 0 fully saturated rings. The number of aliphatic hydroxyl groups is 1. The van der Waals surface area contributed by atoms with E-state index in [1.54, 1.807) is 12.1 Å². The molecular weight excluding hydrogens is 197 g/mol. The van der Waals surface area contributed by atoms with Gasteiger partial charge in [-0.2, -0.15) is 0 Å². The van der Waals surface area contributed by atoms with E-state index in [0.29, 0.717) is 12.5 Å². The van der Waals surface area contributed by atoms with Gasteiger partial charge in [-0.05, 0) is 31.2 Å². The number of nitrogens with zero attached hydrogens (tertiary/aromatic N) is 1. The molecule has 0 aliphatic carbocycles. The maximum Gasteiger partial charge on any atom is 0.216 e.